The number of nitrogens with one attached hydrogen (secondary N) is 4. The molecular weight excluding hydrogens is 468 g/mol. The Balaban J connectivity index is 1.72. The summed E-state index contributed by atoms with van der Waals surface area (Å²) in [5.74, 6) is -3.66. The van der Waals surface area contributed by atoms with Gasteiger partial charge in [0.25, 0.3) is 11.8 Å². The van der Waals surface area contributed by atoms with Crippen LogP contribution in [0.4, 0.5) is 10.5 Å². The lowest BCUT2D eigenvalue weighted by Crippen LogP contribution is -2.45. The minimum absolute atomic E-state index is 0.133. The van der Waals surface area contributed by atoms with Crippen molar-refractivity contribution in [3.05, 3.63) is 76.5 Å². The molecule has 3 rings (SSSR count). The second kappa shape index (κ2) is 11.2. The van der Waals surface area contributed by atoms with Crippen LogP contribution in [0.3, 0.4) is 0 Å². The quantitative estimate of drug-likeness (QED) is 0.310. The fourth-order valence-corrected chi connectivity index (χ4v) is 3.67. The summed E-state index contributed by atoms with van der Waals surface area (Å²) in [7, 11) is 0. The van der Waals surface area contributed by atoms with Crippen LogP contribution in [0.15, 0.2) is 59.8 Å². The van der Waals surface area contributed by atoms with Crippen molar-refractivity contribution in [2.45, 2.75) is 38.8 Å². The Morgan fingerprint density at radius 2 is 1.58 bits per heavy atom. The molecule has 2 aromatic carbocycles. The van der Waals surface area contributed by atoms with Gasteiger partial charge in [0.1, 0.15) is 6.04 Å². The van der Waals surface area contributed by atoms with Crippen molar-refractivity contribution < 1.29 is 34.2 Å². The molecule has 4 amide bonds. The van der Waals surface area contributed by atoms with Crippen molar-refractivity contribution in [2.75, 3.05) is 5.32 Å². The molecular formula is C25H26N4O7. The number of rotatable bonds is 9. The summed E-state index contributed by atoms with van der Waals surface area (Å²) in [6.07, 6.45) is -0.665. The second-order valence-electron chi connectivity index (χ2n) is 8.31. The maximum Gasteiger partial charge on any atom is 0.326 e. The maximum absolute atomic E-state index is 13.1. The van der Waals surface area contributed by atoms with E-state index in [9.17, 15) is 29.1 Å². The lowest BCUT2D eigenvalue weighted by Gasteiger charge is -2.28. The van der Waals surface area contributed by atoms with Crippen molar-refractivity contribution in [1.82, 2.24) is 16.0 Å². The van der Waals surface area contributed by atoms with Gasteiger partial charge >= 0.3 is 18.0 Å². The summed E-state index contributed by atoms with van der Waals surface area (Å²) < 4.78 is 0. The molecule has 2 atom stereocenters. The highest BCUT2D eigenvalue weighted by Gasteiger charge is 2.31. The molecule has 0 aliphatic carbocycles. The Kier molecular flexibility index (Phi) is 8.05. The maximum atomic E-state index is 13.1. The van der Waals surface area contributed by atoms with E-state index in [1.54, 1.807) is 6.92 Å². The molecule has 0 radical (unpaired) electrons. The number of aliphatic carboxylic acids is 2. The Morgan fingerprint density at radius 1 is 0.944 bits per heavy atom. The standard InChI is InChI=1S/C25H26N4O7/c1-13-3-5-15(6-4-13)21-20(14(2)26-25(36)29-21)23(33)27-17-9-7-16(8-10-17)22(32)28-18(24(34)35)11-12-19(30)31/h3-10,18,21H,11-12H2,1-2H3,(H,27,33)(H,28,32)(H,30,31)(H,34,35)(H2,26,29,36). The largest absolute Gasteiger partial charge is 0.481 e. The normalized spacial score (nSPS) is 15.8. The van der Waals surface area contributed by atoms with Crippen LogP contribution in [0.5, 0.6) is 0 Å². The van der Waals surface area contributed by atoms with Crippen LogP contribution in [0.25, 0.3) is 0 Å². The number of urea groups is 1. The van der Waals surface area contributed by atoms with Gasteiger partial charge in [-0.1, -0.05) is 29.8 Å². The van der Waals surface area contributed by atoms with E-state index in [4.69, 9.17) is 5.11 Å². The molecule has 11 heteroatoms. The van der Waals surface area contributed by atoms with Crippen LogP contribution in [0, 0.1) is 6.92 Å². The number of benzene rings is 2. The Labute approximate surface area is 206 Å². The van der Waals surface area contributed by atoms with Gasteiger partial charge in [-0.15, -0.1) is 0 Å². The highest BCUT2D eigenvalue weighted by Crippen LogP contribution is 2.28. The molecule has 0 spiro atoms. The topological polar surface area (TPSA) is 174 Å². The molecule has 0 saturated heterocycles. The summed E-state index contributed by atoms with van der Waals surface area (Å²) in [4.78, 5) is 59.6. The number of amides is 4. The summed E-state index contributed by atoms with van der Waals surface area (Å²) >= 11 is 0. The number of carboxylic acid groups (broad SMARTS) is 2. The molecule has 1 aliphatic heterocycles. The van der Waals surface area contributed by atoms with Gasteiger partial charge in [0.15, 0.2) is 0 Å². The van der Waals surface area contributed by atoms with Gasteiger partial charge in [0.2, 0.25) is 0 Å². The first-order chi connectivity index (χ1) is 17.0. The Morgan fingerprint density at radius 3 is 2.17 bits per heavy atom. The van der Waals surface area contributed by atoms with E-state index in [0.717, 1.165) is 11.1 Å². The van der Waals surface area contributed by atoms with Gasteiger partial charge in [0.05, 0.1) is 11.6 Å². The van der Waals surface area contributed by atoms with Crippen LogP contribution >= 0.6 is 0 Å². The number of carboxylic acids is 2. The number of allylic oxidation sites excluding steroid dienone is 1. The SMILES string of the molecule is CC1=C(C(=O)Nc2ccc(C(=O)NC(CCC(=O)O)C(=O)O)cc2)C(c2ccc(C)cc2)NC(=O)N1. The van der Waals surface area contributed by atoms with E-state index < -0.39 is 48.3 Å². The third-order valence-electron chi connectivity index (χ3n) is 5.58. The summed E-state index contributed by atoms with van der Waals surface area (Å²) in [5.41, 5.74) is 3.00. The van der Waals surface area contributed by atoms with Crippen LogP contribution in [0.2, 0.25) is 0 Å². The van der Waals surface area contributed by atoms with Crippen molar-refractivity contribution in [2.24, 2.45) is 0 Å². The first-order valence-electron chi connectivity index (χ1n) is 11.1. The van der Waals surface area contributed by atoms with Crippen molar-refractivity contribution in [3.63, 3.8) is 0 Å². The van der Waals surface area contributed by atoms with Gasteiger partial charge < -0.3 is 31.5 Å². The highest BCUT2D eigenvalue weighted by atomic mass is 16.4. The van der Waals surface area contributed by atoms with Crippen molar-refractivity contribution >= 4 is 35.5 Å². The zero-order valence-corrected chi connectivity index (χ0v) is 19.6. The third-order valence-corrected chi connectivity index (χ3v) is 5.58. The lowest BCUT2D eigenvalue weighted by molar-refractivity contribution is -0.140. The third kappa shape index (κ3) is 6.47. The number of anilines is 1. The number of hydrogen-bond acceptors (Lipinski definition) is 5. The molecule has 2 unspecified atom stereocenters. The highest BCUT2D eigenvalue weighted by molar-refractivity contribution is 6.07. The Hall–Kier alpha value is -4.67. The van der Waals surface area contributed by atoms with Crippen molar-refractivity contribution in [1.29, 1.82) is 0 Å². The molecule has 6 N–H and O–H groups in total. The molecule has 2 aromatic rings. The van der Waals surface area contributed by atoms with Gasteiger partial charge in [-0.2, -0.15) is 0 Å². The molecule has 0 bridgehead atoms. The van der Waals surface area contributed by atoms with E-state index in [2.05, 4.69) is 21.3 Å². The molecule has 0 fully saturated rings. The van der Waals surface area contributed by atoms with Crippen LogP contribution in [0.1, 0.15) is 47.3 Å². The summed E-state index contributed by atoms with van der Waals surface area (Å²) in [6, 6.07) is 10.8. The molecule has 1 aliphatic rings. The molecule has 0 aromatic heterocycles. The van der Waals surface area contributed by atoms with Crippen molar-refractivity contribution in [3.8, 4) is 0 Å². The van der Waals surface area contributed by atoms with E-state index in [1.807, 2.05) is 31.2 Å². The zero-order valence-electron chi connectivity index (χ0n) is 19.6. The van der Waals surface area contributed by atoms with Gasteiger partial charge in [0, 0.05) is 23.4 Å². The van der Waals surface area contributed by atoms with Crippen LogP contribution < -0.4 is 21.3 Å². The monoisotopic (exact) mass is 494 g/mol. The zero-order chi connectivity index (χ0) is 26.4. The Bertz CT molecular complexity index is 1220. The smallest absolute Gasteiger partial charge is 0.326 e. The first-order valence-corrected chi connectivity index (χ1v) is 11.1. The predicted octanol–water partition coefficient (Wildman–Crippen LogP) is 2.31. The minimum atomic E-state index is -1.35. The average molecular weight is 495 g/mol. The van der Waals surface area contributed by atoms with Gasteiger partial charge in [-0.25, -0.2) is 9.59 Å². The fourth-order valence-electron chi connectivity index (χ4n) is 3.67. The van der Waals surface area contributed by atoms with E-state index in [1.165, 1.54) is 24.3 Å². The van der Waals surface area contributed by atoms with Gasteiger partial charge in [-0.05, 0) is 50.1 Å². The molecule has 1 heterocycles. The number of aryl methyl sites for hydroxylation is 1. The van der Waals surface area contributed by atoms with Crippen LogP contribution in [-0.4, -0.2) is 46.0 Å². The fraction of sp³-hybridized carbons (Fsp3) is 0.240. The number of carbonyl (C=O) groups is 5. The predicted molar refractivity (Wildman–Crippen MR) is 129 cm³/mol. The summed E-state index contributed by atoms with van der Waals surface area (Å²) in [5, 5.41) is 28.4. The van der Waals surface area contributed by atoms with E-state index in [0.29, 0.717) is 17.0 Å². The number of carbonyl (C=O) groups excluding carboxylic acids is 3. The van der Waals surface area contributed by atoms with Crippen LogP contribution in [-0.2, 0) is 14.4 Å². The van der Waals surface area contributed by atoms with Gasteiger partial charge in [-0.3, -0.25) is 14.4 Å². The molecule has 188 valence electrons. The average Bonchev–Trinajstić information content (AvgIpc) is 2.81. The second-order valence-corrected chi connectivity index (χ2v) is 8.31. The minimum Gasteiger partial charge on any atom is -0.481 e. The van der Waals surface area contributed by atoms with E-state index >= 15 is 0 Å². The first kappa shape index (κ1) is 25.9. The lowest BCUT2D eigenvalue weighted by atomic mass is 9.94. The van der Waals surface area contributed by atoms with E-state index in [-0.39, 0.29) is 12.0 Å². The summed E-state index contributed by atoms with van der Waals surface area (Å²) in [6.45, 7) is 3.56. The molecule has 36 heavy (non-hydrogen) atoms. The molecule has 0 saturated carbocycles. The number of hydrogen-bond donors (Lipinski definition) is 6. The molecule has 11 nitrogen and oxygen atoms in total.